The van der Waals surface area contributed by atoms with Gasteiger partial charge in [-0.15, -0.1) is 0 Å². The minimum atomic E-state index is -4.20. The molecule has 0 bridgehead atoms. The number of carbonyl (C=O) groups excluding carboxylic acids is 1. The molecular weight excluding hydrogens is 273 g/mol. The van der Waals surface area contributed by atoms with E-state index in [2.05, 4.69) is 15.3 Å². The molecule has 1 rings (SSSR count). The lowest BCUT2D eigenvalue weighted by molar-refractivity contribution is -0.143. The molecule has 5 nitrogen and oxygen atoms in total. The molecule has 0 atom stereocenters. The molecule has 0 spiro atoms. The van der Waals surface area contributed by atoms with E-state index in [1.54, 1.807) is 6.92 Å². The number of aryl methyl sites for hydroxylation is 1. The summed E-state index contributed by atoms with van der Waals surface area (Å²) in [5.74, 6) is -0.379. The SMILES string of the molecule is Cc1cnc(C(=O)NCCCN(C)CC(F)(F)F)cn1. The molecule has 1 aromatic heterocycles. The van der Waals surface area contributed by atoms with Crippen molar-refractivity contribution in [2.45, 2.75) is 19.5 Å². The van der Waals surface area contributed by atoms with Crippen molar-refractivity contribution >= 4 is 5.91 Å². The zero-order valence-corrected chi connectivity index (χ0v) is 11.4. The van der Waals surface area contributed by atoms with E-state index < -0.39 is 12.7 Å². The second-order valence-corrected chi connectivity index (χ2v) is 4.51. The molecule has 0 aliphatic rings. The number of hydrogen-bond donors (Lipinski definition) is 1. The average molecular weight is 290 g/mol. The maximum atomic E-state index is 12.1. The van der Waals surface area contributed by atoms with Crippen LogP contribution >= 0.6 is 0 Å². The van der Waals surface area contributed by atoms with Gasteiger partial charge >= 0.3 is 6.18 Å². The highest BCUT2D eigenvalue weighted by molar-refractivity contribution is 5.91. The van der Waals surface area contributed by atoms with E-state index in [0.29, 0.717) is 12.1 Å². The first kappa shape index (κ1) is 16.4. The lowest BCUT2D eigenvalue weighted by Gasteiger charge is -2.18. The number of nitrogens with one attached hydrogen (secondary N) is 1. The van der Waals surface area contributed by atoms with Crippen molar-refractivity contribution in [3.63, 3.8) is 0 Å². The van der Waals surface area contributed by atoms with Crippen molar-refractivity contribution in [2.75, 3.05) is 26.7 Å². The maximum absolute atomic E-state index is 12.1. The predicted molar refractivity (Wildman–Crippen MR) is 67.3 cm³/mol. The first-order valence-electron chi connectivity index (χ1n) is 6.10. The molecule has 1 aromatic rings. The van der Waals surface area contributed by atoms with Crippen LogP contribution in [0.4, 0.5) is 13.2 Å². The summed E-state index contributed by atoms with van der Waals surface area (Å²) in [5, 5.41) is 2.59. The van der Waals surface area contributed by atoms with Crippen LogP contribution in [0.1, 0.15) is 22.6 Å². The summed E-state index contributed by atoms with van der Waals surface area (Å²) in [6, 6.07) is 0. The lowest BCUT2D eigenvalue weighted by atomic mass is 10.3. The zero-order valence-electron chi connectivity index (χ0n) is 11.4. The van der Waals surface area contributed by atoms with Crippen molar-refractivity contribution in [1.82, 2.24) is 20.2 Å². The van der Waals surface area contributed by atoms with E-state index in [4.69, 9.17) is 0 Å². The van der Waals surface area contributed by atoms with Gasteiger partial charge in [0.25, 0.3) is 5.91 Å². The Morgan fingerprint density at radius 3 is 2.60 bits per heavy atom. The highest BCUT2D eigenvalue weighted by atomic mass is 19.4. The van der Waals surface area contributed by atoms with Gasteiger partial charge in [0.1, 0.15) is 5.69 Å². The summed E-state index contributed by atoms with van der Waals surface area (Å²) in [7, 11) is 1.39. The van der Waals surface area contributed by atoms with Crippen LogP contribution < -0.4 is 5.32 Å². The lowest BCUT2D eigenvalue weighted by Crippen LogP contribution is -2.34. The Kier molecular flexibility index (Phi) is 5.87. The van der Waals surface area contributed by atoms with Crippen molar-refractivity contribution in [3.05, 3.63) is 23.8 Å². The summed E-state index contributed by atoms with van der Waals surface area (Å²) < 4.78 is 36.2. The number of rotatable bonds is 6. The van der Waals surface area contributed by atoms with E-state index in [9.17, 15) is 18.0 Å². The number of alkyl halides is 3. The summed E-state index contributed by atoms with van der Waals surface area (Å²) in [6.07, 6.45) is -0.931. The molecule has 1 N–H and O–H groups in total. The molecule has 0 fully saturated rings. The van der Waals surface area contributed by atoms with Gasteiger partial charge in [0, 0.05) is 12.7 Å². The second kappa shape index (κ2) is 7.18. The van der Waals surface area contributed by atoms with Gasteiger partial charge in [0.15, 0.2) is 0 Å². The largest absolute Gasteiger partial charge is 0.401 e. The molecule has 0 aliphatic heterocycles. The van der Waals surface area contributed by atoms with Crippen molar-refractivity contribution < 1.29 is 18.0 Å². The van der Waals surface area contributed by atoms with Gasteiger partial charge in [-0.1, -0.05) is 0 Å². The molecule has 0 radical (unpaired) electrons. The third-order valence-electron chi connectivity index (χ3n) is 2.46. The minimum absolute atomic E-state index is 0.194. The van der Waals surface area contributed by atoms with Crippen LogP contribution in [0, 0.1) is 6.92 Å². The highest BCUT2D eigenvalue weighted by Gasteiger charge is 2.28. The Morgan fingerprint density at radius 1 is 1.35 bits per heavy atom. The molecule has 20 heavy (non-hydrogen) atoms. The van der Waals surface area contributed by atoms with Crippen molar-refractivity contribution in [3.8, 4) is 0 Å². The van der Waals surface area contributed by atoms with Gasteiger partial charge in [-0.05, 0) is 26.9 Å². The molecule has 1 amide bonds. The number of nitrogens with zero attached hydrogens (tertiary/aromatic N) is 3. The summed E-state index contributed by atoms with van der Waals surface area (Å²) >= 11 is 0. The van der Waals surface area contributed by atoms with E-state index in [0.717, 1.165) is 4.90 Å². The number of hydrogen-bond acceptors (Lipinski definition) is 4. The molecule has 0 aliphatic carbocycles. The molecule has 0 unspecified atom stereocenters. The minimum Gasteiger partial charge on any atom is -0.351 e. The summed E-state index contributed by atoms with van der Waals surface area (Å²) in [4.78, 5) is 20.6. The first-order chi connectivity index (χ1) is 9.28. The summed E-state index contributed by atoms with van der Waals surface area (Å²) in [5.41, 5.74) is 0.898. The van der Waals surface area contributed by atoms with Crippen LogP contribution in [0.15, 0.2) is 12.4 Å². The maximum Gasteiger partial charge on any atom is 0.401 e. The average Bonchev–Trinajstić information content (AvgIpc) is 2.33. The Balaban J connectivity index is 2.24. The van der Waals surface area contributed by atoms with Crippen LogP contribution in [-0.4, -0.2) is 53.6 Å². The van der Waals surface area contributed by atoms with Crippen LogP contribution in [0.2, 0.25) is 0 Å². The molecule has 8 heteroatoms. The topological polar surface area (TPSA) is 58.1 Å². The van der Waals surface area contributed by atoms with E-state index >= 15 is 0 Å². The quantitative estimate of drug-likeness (QED) is 0.805. The smallest absolute Gasteiger partial charge is 0.351 e. The highest BCUT2D eigenvalue weighted by Crippen LogP contribution is 2.15. The number of amides is 1. The molecule has 0 aromatic carbocycles. The van der Waals surface area contributed by atoms with Crippen LogP contribution in [-0.2, 0) is 0 Å². The van der Waals surface area contributed by atoms with Crippen molar-refractivity contribution in [2.24, 2.45) is 0 Å². The van der Waals surface area contributed by atoms with Gasteiger partial charge in [-0.3, -0.25) is 14.7 Å². The van der Waals surface area contributed by atoms with E-state index in [1.807, 2.05) is 0 Å². The first-order valence-corrected chi connectivity index (χ1v) is 6.10. The molecule has 1 heterocycles. The fraction of sp³-hybridized carbons (Fsp3) is 0.583. The summed E-state index contributed by atoms with van der Waals surface area (Å²) in [6.45, 7) is 1.34. The fourth-order valence-corrected chi connectivity index (χ4v) is 1.54. The molecular formula is C12H17F3N4O. The van der Waals surface area contributed by atoms with Gasteiger partial charge in [-0.25, -0.2) is 4.98 Å². The Labute approximate surface area is 115 Å². The Hall–Kier alpha value is -1.70. The number of halogens is 3. The van der Waals surface area contributed by atoms with Gasteiger partial charge < -0.3 is 5.32 Å². The molecule has 112 valence electrons. The zero-order chi connectivity index (χ0) is 15.2. The van der Waals surface area contributed by atoms with E-state index in [1.165, 1.54) is 19.4 Å². The molecule has 0 saturated carbocycles. The molecule has 0 saturated heterocycles. The number of aromatic nitrogens is 2. The van der Waals surface area contributed by atoms with Crippen LogP contribution in [0.25, 0.3) is 0 Å². The van der Waals surface area contributed by atoms with Crippen molar-refractivity contribution in [1.29, 1.82) is 0 Å². The van der Waals surface area contributed by atoms with Crippen LogP contribution in [0.3, 0.4) is 0 Å². The monoisotopic (exact) mass is 290 g/mol. The second-order valence-electron chi connectivity index (χ2n) is 4.51. The van der Waals surface area contributed by atoms with Gasteiger partial charge in [0.05, 0.1) is 18.4 Å². The van der Waals surface area contributed by atoms with Gasteiger partial charge in [0.2, 0.25) is 0 Å². The standard InChI is InChI=1S/C12H17F3N4O/c1-9-6-18-10(7-17-9)11(20)16-4-3-5-19(2)8-12(13,14)15/h6-7H,3-5,8H2,1-2H3,(H,16,20). The third kappa shape index (κ3) is 6.46. The van der Waals surface area contributed by atoms with Crippen LogP contribution in [0.5, 0.6) is 0 Å². The normalized spacial score (nSPS) is 11.7. The number of carbonyl (C=O) groups is 1. The fourth-order valence-electron chi connectivity index (χ4n) is 1.54. The predicted octanol–water partition coefficient (Wildman–Crippen LogP) is 1.40. The Morgan fingerprint density at radius 2 is 2.05 bits per heavy atom. The third-order valence-corrected chi connectivity index (χ3v) is 2.46. The van der Waals surface area contributed by atoms with E-state index in [-0.39, 0.29) is 24.7 Å². The van der Waals surface area contributed by atoms with Gasteiger partial charge in [-0.2, -0.15) is 13.2 Å². The Bertz CT molecular complexity index is 433.